The standard InChI is InChI=1S/C8H8Cl2N4O/c9-4-1-7(15)14(3-4)6-2-5(10)12-8(11)13-6/h2,4H,1,3H2,(H2,11,12,13). The van der Waals surface area contributed by atoms with Crippen molar-refractivity contribution in [3.8, 4) is 0 Å². The van der Waals surface area contributed by atoms with Crippen molar-refractivity contribution < 1.29 is 4.79 Å². The summed E-state index contributed by atoms with van der Waals surface area (Å²) in [5.74, 6) is 0.369. The molecule has 5 nitrogen and oxygen atoms in total. The highest BCUT2D eigenvalue weighted by molar-refractivity contribution is 6.29. The number of hydrogen-bond donors (Lipinski definition) is 1. The molecule has 0 spiro atoms. The van der Waals surface area contributed by atoms with Crippen LogP contribution in [0.4, 0.5) is 11.8 Å². The number of amides is 1. The molecule has 1 unspecified atom stereocenters. The fraction of sp³-hybridized carbons (Fsp3) is 0.375. The second-order valence-corrected chi connectivity index (χ2v) is 4.22. The lowest BCUT2D eigenvalue weighted by Gasteiger charge is -2.14. The molecule has 7 heteroatoms. The van der Waals surface area contributed by atoms with Gasteiger partial charge in [-0.25, -0.2) is 4.98 Å². The van der Waals surface area contributed by atoms with E-state index < -0.39 is 0 Å². The third-order valence-corrected chi connectivity index (χ3v) is 2.54. The molecular formula is C8H8Cl2N4O. The number of aromatic nitrogens is 2. The maximum Gasteiger partial charge on any atom is 0.229 e. The van der Waals surface area contributed by atoms with E-state index in [1.165, 1.54) is 11.0 Å². The van der Waals surface area contributed by atoms with Crippen LogP contribution in [-0.2, 0) is 4.79 Å². The number of rotatable bonds is 1. The lowest BCUT2D eigenvalue weighted by Crippen LogP contribution is -2.26. The van der Waals surface area contributed by atoms with Crippen molar-refractivity contribution in [2.75, 3.05) is 17.2 Å². The van der Waals surface area contributed by atoms with Gasteiger partial charge in [-0.3, -0.25) is 9.69 Å². The summed E-state index contributed by atoms with van der Waals surface area (Å²) >= 11 is 11.6. The summed E-state index contributed by atoms with van der Waals surface area (Å²) in [6.07, 6.45) is 0.309. The van der Waals surface area contributed by atoms with Crippen LogP contribution in [0.3, 0.4) is 0 Å². The van der Waals surface area contributed by atoms with E-state index in [1.54, 1.807) is 0 Å². The molecule has 80 valence electrons. The predicted octanol–water partition coefficient (Wildman–Crippen LogP) is 1.06. The van der Waals surface area contributed by atoms with Crippen LogP contribution in [-0.4, -0.2) is 27.8 Å². The molecular weight excluding hydrogens is 239 g/mol. The van der Waals surface area contributed by atoms with Crippen molar-refractivity contribution in [1.82, 2.24) is 9.97 Å². The Balaban J connectivity index is 2.33. The smallest absolute Gasteiger partial charge is 0.229 e. The van der Waals surface area contributed by atoms with Gasteiger partial charge in [0.1, 0.15) is 11.0 Å². The summed E-state index contributed by atoms with van der Waals surface area (Å²) in [5, 5.41) is 0.0239. The van der Waals surface area contributed by atoms with Crippen LogP contribution >= 0.6 is 23.2 Å². The molecule has 0 bridgehead atoms. The molecule has 1 atom stereocenters. The number of hydrogen-bond acceptors (Lipinski definition) is 4. The van der Waals surface area contributed by atoms with Crippen LogP contribution in [0.5, 0.6) is 0 Å². The van der Waals surface area contributed by atoms with Crippen LogP contribution in [0, 0.1) is 0 Å². The van der Waals surface area contributed by atoms with Gasteiger partial charge in [0.05, 0.1) is 5.38 Å². The topological polar surface area (TPSA) is 72.1 Å². The molecule has 1 aliphatic heterocycles. The molecule has 1 aliphatic rings. The minimum Gasteiger partial charge on any atom is -0.368 e. The van der Waals surface area contributed by atoms with Gasteiger partial charge in [0.2, 0.25) is 11.9 Å². The van der Waals surface area contributed by atoms with Crippen LogP contribution in [0.1, 0.15) is 6.42 Å². The molecule has 0 aliphatic carbocycles. The molecule has 1 aromatic rings. The van der Waals surface area contributed by atoms with Gasteiger partial charge in [-0.15, -0.1) is 11.6 Å². The molecule has 1 fully saturated rings. The molecule has 2 heterocycles. The number of alkyl halides is 1. The van der Waals surface area contributed by atoms with Gasteiger partial charge in [0.25, 0.3) is 0 Å². The van der Waals surface area contributed by atoms with Crippen molar-refractivity contribution in [2.45, 2.75) is 11.8 Å². The zero-order chi connectivity index (χ0) is 11.0. The van der Waals surface area contributed by atoms with Gasteiger partial charge >= 0.3 is 0 Å². The summed E-state index contributed by atoms with van der Waals surface area (Å²) in [4.78, 5) is 20.6. The molecule has 15 heavy (non-hydrogen) atoms. The quantitative estimate of drug-likeness (QED) is 0.594. The molecule has 0 aromatic carbocycles. The lowest BCUT2D eigenvalue weighted by molar-refractivity contribution is -0.117. The highest BCUT2D eigenvalue weighted by Crippen LogP contribution is 2.24. The van der Waals surface area contributed by atoms with E-state index in [-0.39, 0.29) is 22.4 Å². The van der Waals surface area contributed by atoms with E-state index in [0.29, 0.717) is 18.8 Å². The molecule has 0 radical (unpaired) electrons. The maximum absolute atomic E-state index is 11.5. The number of halogens is 2. The summed E-state index contributed by atoms with van der Waals surface area (Å²) in [5.41, 5.74) is 5.43. The van der Waals surface area contributed by atoms with Crippen LogP contribution in [0.2, 0.25) is 5.15 Å². The first-order valence-electron chi connectivity index (χ1n) is 4.31. The maximum atomic E-state index is 11.5. The number of nitrogen functional groups attached to an aromatic ring is 1. The molecule has 2 N–H and O–H groups in total. The minimum atomic E-state index is -0.188. The summed E-state index contributed by atoms with van der Waals surface area (Å²) in [7, 11) is 0. The number of carbonyl (C=O) groups is 1. The number of nitrogens with zero attached hydrogens (tertiary/aromatic N) is 3. The first-order chi connectivity index (χ1) is 7.06. The van der Waals surface area contributed by atoms with E-state index >= 15 is 0 Å². The van der Waals surface area contributed by atoms with Crippen LogP contribution < -0.4 is 10.6 Å². The Morgan fingerprint density at radius 3 is 2.80 bits per heavy atom. The van der Waals surface area contributed by atoms with Crippen molar-refractivity contribution >= 4 is 40.9 Å². The lowest BCUT2D eigenvalue weighted by atomic mass is 10.4. The van der Waals surface area contributed by atoms with Crippen LogP contribution in [0.15, 0.2) is 6.07 Å². The van der Waals surface area contributed by atoms with Crippen LogP contribution in [0.25, 0.3) is 0 Å². The number of carbonyl (C=O) groups excluding carboxylic acids is 1. The fourth-order valence-electron chi connectivity index (χ4n) is 1.45. The highest BCUT2D eigenvalue weighted by Gasteiger charge is 2.30. The molecule has 1 saturated heterocycles. The average molecular weight is 247 g/mol. The fourth-order valence-corrected chi connectivity index (χ4v) is 1.90. The zero-order valence-electron chi connectivity index (χ0n) is 7.65. The van der Waals surface area contributed by atoms with Gasteiger partial charge in [-0.1, -0.05) is 11.6 Å². The monoisotopic (exact) mass is 246 g/mol. The Morgan fingerprint density at radius 1 is 1.53 bits per heavy atom. The van der Waals surface area contributed by atoms with Gasteiger partial charge in [0, 0.05) is 19.0 Å². The number of anilines is 2. The zero-order valence-corrected chi connectivity index (χ0v) is 9.16. The molecule has 1 amide bonds. The first-order valence-corrected chi connectivity index (χ1v) is 5.12. The van der Waals surface area contributed by atoms with Gasteiger partial charge in [-0.2, -0.15) is 4.98 Å². The van der Waals surface area contributed by atoms with Crippen molar-refractivity contribution in [1.29, 1.82) is 0 Å². The Bertz CT molecular complexity index is 391. The Morgan fingerprint density at radius 2 is 2.27 bits per heavy atom. The van der Waals surface area contributed by atoms with E-state index in [2.05, 4.69) is 9.97 Å². The first kappa shape index (κ1) is 10.4. The number of nitrogens with two attached hydrogens (primary N) is 1. The largest absolute Gasteiger partial charge is 0.368 e. The Kier molecular flexibility index (Phi) is 2.67. The van der Waals surface area contributed by atoms with Crippen molar-refractivity contribution in [2.24, 2.45) is 0 Å². The normalized spacial score (nSPS) is 21.1. The Hall–Kier alpha value is -1.07. The second-order valence-electron chi connectivity index (χ2n) is 3.21. The summed E-state index contributed by atoms with van der Waals surface area (Å²) in [6.45, 7) is 0.424. The minimum absolute atomic E-state index is 0.0447. The van der Waals surface area contributed by atoms with E-state index in [4.69, 9.17) is 28.9 Å². The SMILES string of the molecule is Nc1nc(Cl)cc(N2CC(Cl)CC2=O)n1. The van der Waals surface area contributed by atoms with E-state index in [9.17, 15) is 4.79 Å². The van der Waals surface area contributed by atoms with Gasteiger partial charge < -0.3 is 5.73 Å². The Labute approximate surface area is 96.2 Å². The van der Waals surface area contributed by atoms with Crippen molar-refractivity contribution in [3.63, 3.8) is 0 Å². The summed E-state index contributed by atoms with van der Waals surface area (Å²) < 4.78 is 0. The molecule has 1 aromatic heterocycles. The third-order valence-electron chi connectivity index (χ3n) is 2.05. The van der Waals surface area contributed by atoms with Gasteiger partial charge in [0.15, 0.2) is 0 Å². The average Bonchev–Trinajstić information content (AvgIpc) is 2.43. The van der Waals surface area contributed by atoms with Gasteiger partial charge in [-0.05, 0) is 0 Å². The second kappa shape index (κ2) is 3.83. The van der Waals surface area contributed by atoms with E-state index in [1.807, 2.05) is 0 Å². The van der Waals surface area contributed by atoms with E-state index in [0.717, 1.165) is 0 Å². The highest BCUT2D eigenvalue weighted by atomic mass is 35.5. The molecule has 0 saturated carbocycles. The third kappa shape index (κ3) is 2.13. The van der Waals surface area contributed by atoms with Crippen molar-refractivity contribution in [3.05, 3.63) is 11.2 Å². The molecule has 2 rings (SSSR count). The summed E-state index contributed by atoms with van der Waals surface area (Å²) in [6, 6.07) is 1.49. The predicted molar refractivity (Wildman–Crippen MR) is 58.1 cm³/mol.